The van der Waals surface area contributed by atoms with Crippen molar-refractivity contribution in [3.63, 3.8) is 0 Å². The lowest BCUT2D eigenvalue weighted by Gasteiger charge is -2.34. The van der Waals surface area contributed by atoms with Crippen LogP contribution in [0.4, 0.5) is 0 Å². The highest BCUT2D eigenvalue weighted by Gasteiger charge is 2.44. The SMILES string of the molecule is C=CCOc1c([Si](C)(C)C2c3cc(-c4ccccc4CC)ccc3-c3ccc(-c4ccccc4CC)cc32)ccc2ccccc12. The number of fused-ring (bicyclic) bond motifs is 4. The second-order valence-corrected chi connectivity index (χ2v) is 17.6. The second kappa shape index (κ2) is 12.3. The Morgan fingerprint density at radius 3 is 1.74 bits per heavy atom. The van der Waals surface area contributed by atoms with Crippen molar-refractivity contribution < 1.29 is 4.74 Å². The van der Waals surface area contributed by atoms with Gasteiger partial charge in [0, 0.05) is 10.9 Å². The van der Waals surface area contributed by atoms with Crippen molar-refractivity contribution in [2.24, 2.45) is 0 Å². The van der Waals surface area contributed by atoms with E-state index >= 15 is 0 Å². The zero-order valence-electron chi connectivity index (χ0n) is 27.4. The van der Waals surface area contributed by atoms with Gasteiger partial charge in [0.2, 0.25) is 0 Å². The highest BCUT2D eigenvalue weighted by Crippen LogP contribution is 2.52. The van der Waals surface area contributed by atoms with Gasteiger partial charge in [0.25, 0.3) is 0 Å². The first-order valence-corrected chi connectivity index (χ1v) is 19.7. The molecular weight excluding hydrogens is 573 g/mol. The Bertz CT molecular complexity index is 1990. The number of rotatable bonds is 9. The van der Waals surface area contributed by atoms with E-state index in [1.807, 2.05) is 6.08 Å². The Balaban J connectivity index is 1.48. The van der Waals surface area contributed by atoms with Crippen LogP contribution in [0.3, 0.4) is 0 Å². The van der Waals surface area contributed by atoms with Crippen molar-refractivity contribution in [3.8, 4) is 39.1 Å². The molecule has 6 aromatic carbocycles. The normalized spacial score (nSPS) is 12.6. The van der Waals surface area contributed by atoms with Crippen LogP contribution in [0.15, 0.2) is 134 Å². The van der Waals surface area contributed by atoms with Gasteiger partial charge in [0.15, 0.2) is 0 Å². The van der Waals surface area contributed by atoms with Crippen LogP contribution in [0.5, 0.6) is 5.75 Å². The van der Waals surface area contributed by atoms with Crippen LogP contribution in [0.1, 0.15) is 41.6 Å². The van der Waals surface area contributed by atoms with Crippen LogP contribution in [-0.2, 0) is 12.8 Å². The third-order valence-electron chi connectivity index (χ3n) is 10.1. The van der Waals surface area contributed by atoms with E-state index in [4.69, 9.17) is 4.74 Å². The molecule has 0 N–H and O–H groups in total. The van der Waals surface area contributed by atoms with Crippen molar-refractivity contribution in [3.05, 3.63) is 156 Å². The minimum atomic E-state index is -2.31. The van der Waals surface area contributed by atoms with Gasteiger partial charge in [-0.05, 0) is 79.0 Å². The summed E-state index contributed by atoms with van der Waals surface area (Å²) in [7, 11) is -2.31. The van der Waals surface area contributed by atoms with E-state index in [0.29, 0.717) is 6.61 Å². The molecule has 46 heavy (non-hydrogen) atoms. The molecule has 0 aliphatic heterocycles. The van der Waals surface area contributed by atoms with Crippen LogP contribution in [0, 0.1) is 0 Å². The molecule has 0 amide bonds. The predicted molar refractivity (Wildman–Crippen MR) is 200 cm³/mol. The van der Waals surface area contributed by atoms with Crippen LogP contribution >= 0.6 is 0 Å². The second-order valence-electron chi connectivity index (χ2n) is 13.0. The van der Waals surface area contributed by atoms with Gasteiger partial charge in [-0.3, -0.25) is 0 Å². The quantitative estimate of drug-likeness (QED) is 0.116. The van der Waals surface area contributed by atoms with Crippen LogP contribution < -0.4 is 9.92 Å². The fourth-order valence-corrected chi connectivity index (χ4v) is 11.4. The van der Waals surface area contributed by atoms with Gasteiger partial charge >= 0.3 is 0 Å². The first kappa shape index (κ1) is 30.0. The van der Waals surface area contributed by atoms with Gasteiger partial charge in [0.05, 0.1) is 8.07 Å². The van der Waals surface area contributed by atoms with E-state index in [9.17, 15) is 0 Å². The van der Waals surface area contributed by atoms with Crippen molar-refractivity contribution in [1.82, 2.24) is 0 Å². The van der Waals surface area contributed by atoms with Crippen LogP contribution in [0.2, 0.25) is 13.1 Å². The summed E-state index contributed by atoms with van der Waals surface area (Å²) >= 11 is 0. The number of aryl methyl sites for hydroxylation is 2. The van der Waals surface area contributed by atoms with Gasteiger partial charge < -0.3 is 4.74 Å². The molecule has 0 spiro atoms. The van der Waals surface area contributed by atoms with Crippen molar-refractivity contribution >= 4 is 24.0 Å². The molecule has 1 aliphatic rings. The molecule has 7 rings (SSSR count). The number of hydrogen-bond donors (Lipinski definition) is 0. The van der Waals surface area contributed by atoms with Crippen molar-refractivity contribution in [2.45, 2.75) is 45.3 Å². The average molecular weight is 615 g/mol. The molecule has 0 atom stereocenters. The summed E-state index contributed by atoms with van der Waals surface area (Å²) in [6, 6.07) is 45.5. The van der Waals surface area contributed by atoms with Crippen molar-refractivity contribution in [2.75, 3.05) is 6.61 Å². The summed E-state index contributed by atoms with van der Waals surface area (Å²) in [5.41, 5.74) is 13.9. The monoisotopic (exact) mass is 614 g/mol. The third kappa shape index (κ3) is 5.02. The molecule has 0 aromatic heterocycles. The summed E-state index contributed by atoms with van der Waals surface area (Å²) in [5, 5.41) is 3.74. The lowest BCUT2D eigenvalue weighted by Crippen LogP contribution is -2.48. The van der Waals surface area contributed by atoms with Gasteiger partial charge in [-0.15, -0.1) is 0 Å². The van der Waals surface area contributed by atoms with Crippen LogP contribution in [0.25, 0.3) is 44.2 Å². The van der Waals surface area contributed by atoms with E-state index in [-0.39, 0.29) is 5.54 Å². The minimum absolute atomic E-state index is 0.257. The zero-order chi connectivity index (χ0) is 31.8. The Kier molecular flexibility index (Phi) is 8.00. The summed E-state index contributed by atoms with van der Waals surface area (Å²) in [4.78, 5) is 0. The Morgan fingerprint density at radius 2 is 1.17 bits per heavy atom. The van der Waals surface area contributed by atoms with Gasteiger partial charge in [-0.2, -0.15) is 0 Å². The van der Waals surface area contributed by atoms with Gasteiger partial charge in [-0.25, -0.2) is 0 Å². The molecule has 0 saturated heterocycles. The first-order chi connectivity index (χ1) is 22.5. The Labute approximate surface area is 275 Å². The number of ether oxygens (including phenoxy) is 1. The molecule has 0 radical (unpaired) electrons. The smallest absolute Gasteiger partial charge is 0.126 e. The molecule has 0 fully saturated rings. The zero-order valence-corrected chi connectivity index (χ0v) is 28.4. The molecule has 2 heteroatoms. The molecule has 0 heterocycles. The fraction of sp³-hybridized carbons (Fsp3) is 0.182. The van der Waals surface area contributed by atoms with Crippen molar-refractivity contribution in [1.29, 1.82) is 0 Å². The molecule has 228 valence electrons. The number of hydrogen-bond acceptors (Lipinski definition) is 1. The summed E-state index contributed by atoms with van der Waals surface area (Å²) in [6.07, 6.45) is 3.88. The fourth-order valence-electron chi connectivity index (χ4n) is 7.80. The number of benzene rings is 6. The Morgan fingerprint density at radius 1 is 0.630 bits per heavy atom. The lowest BCUT2D eigenvalue weighted by atomic mass is 9.94. The largest absolute Gasteiger partial charge is 0.489 e. The van der Waals surface area contributed by atoms with E-state index in [2.05, 4.69) is 155 Å². The van der Waals surface area contributed by atoms with Gasteiger partial charge in [-0.1, -0.05) is 161 Å². The van der Waals surface area contributed by atoms with E-state index in [1.165, 1.54) is 71.6 Å². The molecule has 1 nitrogen and oxygen atoms in total. The first-order valence-electron chi connectivity index (χ1n) is 16.7. The standard InChI is InChI=1S/C44H42OSi/c1-6-27-45-43-37-20-14-11-17-32(37)23-26-42(43)46(4,5)44-40-28-33(35-18-12-9-15-30(35)7-2)21-24-38(40)39-25-22-34(29-41(39)44)36-19-13-10-16-31(36)8-3/h6,9-26,28-29,44H,1,7-8,27H2,2-5H3. The maximum atomic E-state index is 6.58. The van der Waals surface area contributed by atoms with Crippen LogP contribution in [-0.4, -0.2) is 14.7 Å². The molecule has 0 bridgehead atoms. The third-order valence-corrected chi connectivity index (χ3v) is 13.9. The lowest BCUT2D eigenvalue weighted by molar-refractivity contribution is 0.370. The highest BCUT2D eigenvalue weighted by atomic mass is 28.3. The molecule has 0 unspecified atom stereocenters. The topological polar surface area (TPSA) is 9.23 Å². The maximum absolute atomic E-state index is 6.58. The maximum Gasteiger partial charge on any atom is 0.126 e. The highest BCUT2D eigenvalue weighted by molar-refractivity contribution is 6.92. The summed E-state index contributed by atoms with van der Waals surface area (Å²) < 4.78 is 6.58. The molecule has 0 saturated carbocycles. The van der Waals surface area contributed by atoms with E-state index in [0.717, 1.165) is 18.6 Å². The molecule has 1 aliphatic carbocycles. The minimum Gasteiger partial charge on any atom is -0.489 e. The molecular formula is C44H42OSi. The molecule has 6 aromatic rings. The van der Waals surface area contributed by atoms with E-state index < -0.39 is 8.07 Å². The predicted octanol–water partition coefficient (Wildman–Crippen LogP) is 11.1. The summed E-state index contributed by atoms with van der Waals surface area (Å²) in [5.74, 6) is 1.02. The Hall–Kier alpha value is -4.66. The van der Waals surface area contributed by atoms with E-state index in [1.54, 1.807) is 0 Å². The summed E-state index contributed by atoms with van der Waals surface area (Å²) in [6.45, 7) is 14.0. The average Bonchev–Trinajstić information content (AvgIpc) is 3.44. The van der Waals surface area contributed by atoms with Gasteiger partial charge in [0.1, 0.15) is 12.4 Å².